The summed E-state index contributed by atoms with van der Waals surface area (Å²) in [5, 5.41) is 7.76. The van der Waals surface area contributed by atoms with Crippen molar-refractivity contribution in [1.29, 1.82) is 0 Å². The van der Waals surface area contributed by atoms with Crippen LogP contribution in [0.25, 0.3) is 10.8 Å². The molecule has 2 heterocycles. The van der Waals surface area contributed by atoms with Crippen LogP contribution in [0.5, 0.6) is 0 Å². The van der Waals surface area contributed by atoms with Crippen LogP contribution in [0.3, 0.4) is 0 Å². The highest BCUT2D eigenvalue weighted by atomic mass is 32.1. The average Bonchev–Trinajstić information content (AvgIpc) is 3.07. The maximum absolute atomic E-state index is 12.6. The largest absolute Gasteiger partial charge is 0.373 e. The first kappa shape index (κ1) is 18.1. The fraction of sp³-hybridized carbons (Fsp3) is 0.333. The number of benzene rings is 2. The molecule has 1 N–H and O–H groups in total. The van der Waals surface area contributed by atoms with Crippen molar-refractivity contribution in [2.45, 2.75) is 32.6 Å². The number of thiazole rings is 1. The number of ether oxygens (including phenoxy) is 1. The number of nitrogens with one attached hydrogen (secondary N) is 1. The Morgan fingerprint density at radius 2 is 1.93 bits per heavy atom. The van der Waals surface area contributed by atoms with Gasteiger partial charge in [-0.25, -0.2) is 4.98 Å². The highest BCUT2D eigenvalue weighted by Gasteiger charge is 2.22. The minimum atomic E-state index is -0.129. The molecule has 1 aromatic heterocycles. The molecule has 1 fully saturated rings. The zero-order valence-electron chi connectivity index (χ0n) is 15.5. The molecule has 0 radical (unpaired) electrons. The number of nitrogens with zero attached hydrogens (tertiary/aromatic N) is 2. The molecule has 1 aliphatic heterocycles. The van der Waals surface area contributed by atoms with Crippen molar-refractivity contribution in [2.75, 3.05) is 18.4 Å². The number of fused-ring (bicyclic) bond motifs is 1. The van der Waals surface area contributed by atoms with Crippen LogP contribution in [0, 0.1) is 0 Å². The van der Waals surface area contributed by atoms with Gasteiger partial charge in [0, 0.05) is 30.6 Å². The minimum Gasteiger partial charge on any atom is -0.373 e. The van der Waals surface area contributed by atoms with Crippen molar-refractivity contribution in [1.82, 2.24) is 9.88 Å². The van der Waals surface area contributed by atoms with Crippen LogP contribution in [-0.4, -0.2) is 41.1 Å². The second-order valence-electron chi connectivity index (χ2n) is 7.11. The summed E-state index contributed by atoms with van der Waals surface area (Å²) < 4.78 is 5.77. The Labute approximate surface area is 163 Å². The topological polar surface area (TPSA) is 54.5 Å². The van der Waals surface area contributed by atoms with E-state index in [4.69, 9.17) is 4.74 Å². The number of morpholine rings is 1. The fourth-order valence-electron chi connectivity index (χ4n) is 3.58. The van der Waals surface area contributed by atoms with E-state index in [-0.39, 0.29) is 18.1 Å². The molecule has 1 saturated heterocycles. The highest BCUT2D eigenvalue weighted by Crippen LogP contribution is 2.21. The van der Waals surface area contributed by atoms with Gasteiger partial charge >= 0.3 is 0 Å². The number of hydrogen-bond acceptors (Lipinski definition) is 5. The summed E-state index contributed by atoms with van der Waals surface area (Å²) in [6.45, 7) is 6.78. The van der Waals surface area contributed by atoms with E-state index in [0.717, 1.165) is 36.1 Å². The van der Waals surface area contributed by atoms with Crippen LogP contribution in [-0.2, 0) is 11.3 Å². The Hall–Kier alpha value is -2.28. The monoisotopic (exact) mass is 381 g/mol. The molecular weight excluding hydrogens is 358 g/mol. The Bertz CT molecular complexity index is 945. The quantitative estimate of drug-likeness (QED) is 0.737. The molecule has 2 aromatic carbocycles. The van der Waals surface area contributed by atoms with Crippen LogP contribution >= 0.6 is 11.3 Å². The van der Waals surface area contributed by atoms with Gasteiger partial charge in [0.1, 0.15) is 0 Å². The number of aromatic nitrogens is 1. The molecular formula is C21H23N3O2S. The normalized spacial score (nSPS) is 20.7. The van der Waals surface area contributed by atoms with Gasteiger partial charge in [0.05, 0.1) is 17.9 Å². The lowest BCUT2D eigenvalue weighted by molar-refractivity contribution is -0.0707. The van der Waals surface area contributed by atoms with E-state index in [9.17, 15) is 4.79 Å². The first-order chi connectivity index (χ1) is 13.1. The fourth-order valence-corrected chi connectivity index (χ4v) is 4.28. The maximum atomic E-state index is 12.6. The number of hydrogen-bond donors (Lipinski definition) is 1. The predicted molar refractivity (Wildman–Crippen MR) is 109 cm³/mol. The summed E-state index contributed by atoms with van der Waals surface area (Å²) in [6.07, 6.45) is 0.471. The summed E-state index contributed by atoms with van der Waals surface area (Å²) in [6, 6.07) is 13.8. The Morgan fingerprint density at radius 3 is 2.70 bits per heavy atom. The number of amides is 1. The first-order valence-electron chi connectivity index (χ1n) is 9.19. The van der Waals surface area contributed by atoms with Crippen LogP contribution in [0.15, 0.2) is 47.8 Å². The van der Waals surface area contributed by atoms with Gasteiger partial charge in [-0.1, -0.05) is 30.3 Å². The molecule has 4 rings (SSSR count). The van der Waals surface area contributed by atoms with Crippen molar-refractivity contribution in [3.05, 3.63) is 59.1 Å². The Balaban J connectivity index is 1.41. The van der Waals surface area contributed by atoms with E-state index < -0.39 is 0 Å². The molecule has 0 aliphatic carbocycles. The zero-order valence-corrected chi connectivity index (χ0v) is 16.3. The predicted octanol–water partition coefficient (Wildman–Crippen LogP) is 4.16. The summed E-state index contributed by atoms with van der Waals surface area (Å²) in [7, 11) is 0. The summed E-state index contributed by atoms with van der Waals surface area (Å²) in [5.74, 6) is -0.129. The SMILES string of the molecule is C[C@@H]1CN(Cc2csc(NC(=O)c3ccc4ccccc4c3)n2)C[C@@H](C)O1. The molecule has 2 atom stereocenters. The highest BCUT2D eigenvalue weighted by molar-refractivity contribution is 7.14. The maximum Gasteiger partial charge on any atom is 0.257 e. The lowest BCUT2D eigenvalue weighted by Crippen LogP contribution is -2.44. The van der Waals surface area contributed by atoms with Gasteiger partial charge in [0.2, 0.25) is 0 Å². The van der Waals surface area contributed by atoms with Crippen molar-refractivity contribution >= 4 is 33.1 Å². The van der Waals surface area contributed by atoms with Crippen molar-refractivity contribution in [3.8, 4) is 0 Å². The second kappa shape index (κ2) is 7.76. The summed E-state index contributed by atoms with van der Waals surface area (Å²) >= 11 is 1.47. The molecule has 27 heavy (non-hydrogen) atoms. The molecule has 0 bridgehead atoms. The van der Waals surface area contributed by atoms with Crippen molar-refractivity contribution < 1.29 is 9.53 Å². The van der Waals surface area contributed by atoms with Gasteiger partial charge in [-0.15, -0.1) is 11.3 Å². The van der Waals surface area contributed by atoms with Crippen LogP contribution < -0.4 is 5.32 Å². The van der Waals surface area contributed by atoms with Gasteiger partial charge in [-0.3, -0.25) is 15.0 Å². The zero-order chi connectivity index (χ0) is 18.8. The standard InChI is InChI=1S/C21H23N3O2S/c1-14-10-24(11-15(2)26-14)12-19-13-27-21(22-19)23-20(25)18-8-7-16-5-3-4-6-17(16)9-18/h3-9,13-15H,10-12H2,1-2H3,(H,22,23,25)/t14-,15-/m1/s1. The van der Waals surface area contributed by atoms with Gasteiger partial charge < -0.3 is 4.74 Å². The molecule has 140 valence electrons. The number of rotatable bonds is 4. The molecule has 0 saturated carbocycles. The number of carbonyl (C=O) groups excluding carboxylic acids is 1. The van der Waals surface area contributed by atoms with E-state index in [1.807, 2.05) is 47.8 Å². The second-order valence-corrected chi connectivity index (χ2v) is 7.97. The molecule has 1 aliphatic rings. The van der Waals surface area contributed by atoms with E-state index in [1.54, 1.807) is 0 Å². The average molecular weight is 382 g/mol. The van der Waals surface area contributed by atoms with Crippen molar-refractivity contribution in [2.24, 2.45) is 0 Å². The summed E-state index contributed by atoms with van der Waals surface area (Å²) in [4.78, 5) is 19.5. The third-order valence-corrected chi connectivity index (χ3v) is 5.47. The lowest BCUT2D eigenvalue weighted by atomic mass is 10.1. The van der Waals surface area contributed by atoms with Crippen molar-refractivity contribution in [3.63, 3.8) is 0 Å². The van der Waals surface area contributed by atoms with Gasteiger partial charge in [-0.05, 0) is 36.8 Å². The van der Waals surface area contributed by atoms with Gasteiger partial charge in [0.15, 0.2) is 5.13 Å². The minimum absolute atomic E-state index is 0.129. The van der Waals surface area contributed by atoms with E-state index in [2.05, 4.69) is 29.0 Å². The van der Waals surface area contributed by atoms with Crippen LogP contribution in [0.1, 0.15) is 29.9 Å². The van der Waals surface area contributed by atoms with Gasteiger partial charge in [0.25, 0.3) is 5.91 Å². The molecule has 0 unspecified atom stereocenters. The first-order valence-corrected chi connectivity index (χ1v) is 10.1. The van der Waals surface area contributed by atoms with E-state index >= 15 is 0 Å². The number of anilines is 1. The third-order valence-electron chi connectivity index (χ3n) is 4.66. The molecule has 5 nitrogen and oxygen atoms in total. The Kier molecular flexibility index (Phi) is 5.20. The molecule has 0 spiro atoms. The van der Waals surface area contributed by atoms with Crippen LogP contribution in [0.4, 0.5) is 5.13 Å². The summed E-state index contributed by atoms with van der Waals surface area (Å²) in [5.41, 5.74) is 1.62. The van der Waals surface area contributed by atoms with E-state index in [0.29, 0.717) is 10.7 Å². The van der Waals surface area contributed by atoms with Crippen LogP contribution in [0.2, 0.25) is 0 Å². The molecule has 3 aromatic rings. The van der Waals surface area contributed by atoms with Gasteiger partial charge in [-0.2, -0.15) is 0 Å². The Morgan fingerprint density at radius 1 is 1.19 bits per heavy atom. The van der Waals surface area contributed by atoms with E-state index in [1.165, 1.54) is 11.3 Å². The number of carbonyl (C=O) groups is 1. The smallest absolute Gasteiger partial charge is 0.257 e. The third kappa shape index (κ3) is 4.35. The molecule has 6 heteroatoms. The molecule has 1 amide bonds. The lowest BCUT2D eigenvalue weighted by Gasteiger charge is -2.34.